The molecule has 2 rings (SSSR count). The SMILES string of the molecule is CCCc1nc2c(C(=O)OCC)c[nH]n2n1. The first-order valence-electron chi connectivity index (χ1n) is 5.36. The Balaban J connectivity index is 2.35. The molecule has 1 N–H and O–H groups in total. The molecule has 0 bridgehead atoms. The van der Waals surface area contributed by atoms with Gasteiger partial charge in [0.25, 0.3) is 0 Å². The highest BCUT2D eigenvalue weighted by atomic mass is 16.5. The van der Waals surface area contributed by atoms with Gasteiger partial charge in [0.15, 0.2) is 11.5 Å². The van der Waals surface area contributed by atoms with E-state index in [1.807, 2.05) is 0 Å². The summed E-state index contributed by atoms with van der Waals surface area (Å²) < 4.78 is 6.42. The van der Waals surface area contributed by atoms with Crippen molar-refractivity contribution < 1.29 is 9.53 Å². The number of carbonyl (C=O) groups excluding carboxylic acids is 1. The van der Waals surface area contributed by atoms with Crippen molar-refractivity contribution in [1.82, 2.24) is 19.8 Å². The molecule has 0 atom stereocenters. The molecule has 0 aliphatic heterocycles. The molecule has 0 amide bonds. The van der Waals surface area contributed by atoms with Gasteiger partial charge in [0.2, 0.25) is 0 Å². The van der Waals surface area contributed by atoms with Crippen LogP contribution in [0.15, 0.2) is 6.20 Å². The summed E-state index contributed by atoms with van der Waals surface area (Å²) in [4.78, 5) is 15.8. The number of fused-ring (bicyclic) bond motifs is 1. The van der Waals surface area contributed by atoms with E-state index in [1.165, 1.54) is 4.63 Å². The van der Waals surface area contributed by atoms with Gasteiger partial charge in [0, 0.05) is 12.6 Å². The van der Waals surface area contributed by atoms with Gasteiger partial charge in [-0.15, -0.1) is 5.10 Å². The molecule has 2 aromatic rings. The van der Waals surface area contributed by atoms with Crippen molar-refractivity contribution in [1.29, 1.82) is 0 Å². The van der Waals surface area contributed by atoms with Crippen LogP contribution in [-0.4, -0.2) is 32.4 Å². The Morgan fingerprint density at radius 1 is 1.56 bits per heavy atom. The molecule has 0 aromatic carbocycles. The molecule has 2 heterocycles. The van der Waals surface area contributed by atoms with Crippen molar-refractivity contribution in [2.24, 2.45) is 0 Å². The normalized spacial score (nSPS) is 10.9. The second-order valence-corrected chi connectivity index (χ2v) is 3.42. The van der Waals surface area contributed by atoms with Gasteiger partial charge in [-0.2, -0.15) is 4.63 Å². The van der Waals surface area contributed by atoms with E-state index >= 15 is 0 Å². The Morgan fingerprint density at radius 3 is 3.06 bits per heavy atom. The predicted octanol–water partition coefficient (Wildman–Crippen LogP) is 1.19. The Labute approximate surface area is 92.6 Å². The number of rotatable bonds is 4. The molecule has 0 aliphatic rings. The predicted molar refractivity (Wildman–Crippen MR) is 57.3 cm³/mol. The van der Waals surface area contributed by atoms with Gasteiger partial charge in [0.05, 0.1) is 6.61 Å². The van der Waals surface area contributed by atoms with E-state index in [1.54, 1.807) is 13.1 Å². The summed E-state index contributed by atoms with van der Waals surface area (Å²) in [5, 5.41) is 7.06. The van der Waals surface area contributed by atoms with Crippen LogP contribution in [-0.2, 0) is 11.2 Å². The summed E-state index contributed by atoms with van der Waals surface area (Å²) in [6, 6.07) is 0. The lowest BCUT2D eigenvalue weighted by atomic mass is 10.3. The molecule has 0 radical (unpaired) electrons. The van der Waals surface area contributed by atoms with E-state index in [0.29, 0.717) is 17.8 Å². The highest BCUT2D eigenvalue weighted by Gasteiger charge is 2.16. The zero-order chi connectivity index (χ0) is 11.5. The summed E-state index contributed by atoms with van der Waals surface area (Å²) in [6.07, 6.45) is 3.34. The molecule has 86 valence electrons. The van der Waals surface area contributed by atoms with Gasteiger partial charge in [-0.25, -0.2) is 9.78 Å². The molecule has 0 aliphatic carbocycles. The first kappa shape index (κ1) is 10.7. The van der Waals surface area contributed by atoms with Gasteiger partial charge < -0.3 is 4.74 Å². The van der Waals surface area contributed by atoms with Crippen molar-refractivity contribution in [3.63, 3.8) is 0 Å². The van der Waals surface area contributed by atoms with Gasteiger partial charge in [0.1, 0.15) is 5.56 Å². The molecule has 0 saturated heterocycles. The molecular weight excluding hydrogens is 208 g/mol. The number of carbonyl (C=O) groups is 1. The number of H-pyrrole nitrogens is 1. The van der Waals surface area contributed by atoms with Crippen LogP contribution in [0.2, 0.25) is 0 Å². The second-order valence-electron chi connectivity index (χ2n) is 3.42. The Hall–Kier alpha value is -1.85. The number of nitrogens with one attached hydrogen (secondary N) is 1. The molecule has 2 aromatic heterocycles. The van der Waals surface area contributed by atoms with Gasteiger partial charge in [-0.3, -0.25) is 5.10 Å². The van der Waals surface area contributed by atoms with Crippen LogP contribution in [0, 0.1) is 0 Å². The summed E-state index contributed by atoms with van der Waals surface area (Å²) in [6.45, 7) is 4.18. The second kappa shape index (κ2) is 4.34. The smallest absolute Gasteiger partial charge is 0.343 e. The topological polar surface area (TPSA) is 72.3 Å². The highest BCUT2D eigenvalue weighted by Crippen LogP contribution is 2.10. The van der Waals surface area contributed by atoms with E-state index in [2.05, 4.69) is 22.1 Å². The minimum atomic E-state index is -0.371. The maximum atomic E-state index is 11.6. The first-order valence-corrected chi connectivity index (χ1v) is 5.36. The number of hydrogen-bond donors (Lipinski definition) is 1. The molecule has 0 spiro atoms. The lowest BCUT2D eigenvalue weighted by Gasteiger charge is -1.96. The monoisotopic (exact) mass is 222 g/mol. The number of nitrogens with zero attached hydrogens (tertiary/aromatic N) is 3. The number of esters is 1. The van der Waals surface area contributed by atoms with Crippen LogP contribution in [0.4, 0.5) is 0 Å². The summed E-state index contributed by atoms with van der Waals surface area (Å²) in [7, 11) is 0. The fraction of sp³-hybridized carbons (Fsp3) is 0.500. The minimum absolute atomic E-state index is 0.353. The zero-order valence-corrected chi connectivity index (χ0v) is 9.36. The van der Waals surface area contributed by atoms with Crippen LogP contribution in [0.3, 0.4) is 0 Å². The van der Waals surface area contributed by atoms with Crippen LogP contribution in [0.1, 0.15) is 36.5 Å². The molecular formula is C10H14N4O2. The molecule has 6 heteroatoms. The lowest BCUT2D eigenvalue weighted by Crippen LogP contribution is -2.04. The zero-order valence-electron chi connectivity index (χ0n) is 9.36. The van der Waals surface area contributed by atoms with Crippen molar-refractivity contribution in [2.45, 2.75) is 26.7 Å². The first-order chi connectivity index (χ1) is 7.76. The van der Waals surface area contributed by atoms with Crippen molar-refractivity contribution in [3.05, 3.63) is 17.6 Å². The number of ether oxygens (including phenoxy) is 1. The standard InChI is InChI=1S/C10H14N4O2/c1-3-5-8-12-9-7(10(15)16-4-2)6-11-14(9)13-8/h6,11H,3-5H2,1-2H3. The van der Waals surface area contributed by atoms with Crippen LogP contribution < -0.4 is 0 Å². The lowest BCUT2D eigenvalue weighted by molar-refractivity contribution is 0.0528. The van der Waals surface area contributed by atoms with Crippen LogP contribution >= 0.6 is 0 Å². The number of aromatic amines is 1. The van der Waals surface area contributed by atoms with Crippen LogP contribution in [0.25, 0.3) is 5.65 Å². The third-order valence-electron chi connectivity index (χ3n) is 2.19. The number of aryl methyl sites for hydroxylation is 1. The quantitative estimate of drug-likeness (QED) is 0.788. The van der Waals surface area contributed by atoms with Crippen LogP contribution in [0.5, 0.6) is 0 Å². The molecule has 6 nitrogen and oxygen atoms in total. The van der Waals surface area contributed by atoms with Gasteiger partial charge >= 0.3 is 5.97 Å². The summed E-state index contributed by atoms with van der Waals surface area (Å²) >= 11 is 0. The molecule has 16 heavy (non-hydrogen) atoms. The maximum Gasteiger partial charge on any atom is 0.343 e. The largest absolute Gasteiger partial charge is 0.462 e. The molecule has 0 unspecified atom stereocenters. The van der Waals surface area contributed by atoms with Crippen molar-refractivity contribution in [3.8, 4) is 0 Å². The fourth-order valence-corrected chi connectivity index (χ4v) is 1.50. The fourth-order valence-electron chi connectivity index (χ4n) is 1.50. The van der Waals surface area contributed by atoms with E-state index in [4.69, 9.17) is 4.74 Å². The third-order valence-corrected chi connectivity index (χ3v) is 2.19. The summed E-state index contributed by atoms with van der Waals surface area (Å²) in [5.41, 5.74) is 0.957. The maximum absolute atomic E-state index is 11.6. The van der Waals surface area contributed by atoms with E-state index in [-0.39, 0.29) is 5.97 Å². The van der Waals surface area contributed by atoms with Gasteiger partial charge in [-0.05, 0) is 13.3 Å². The Bertz CT molecular complexity index is 500. The van der Waals surface area contributed by atoms with Crippen molar-refractivity contribution in [2.75, 3.05) is 6.61 Å². The average Bonchev–Trinajstić information content (AvgIpc) is 2.77. The molecule has 0 saturated carbocycles. The van der Waals surface area contributed by atoms with E-state index in [9.17, 15) is 4.79 Å². The molecule has 0 fully saturated rings. The third kappa shape index (κ3) is 1.78. The van der Waals surface area contributed by atoms with E-state index in [0.717, 1.165) is 18.7 Å². The minimum Gasteiger partial charge on any atom is -0.462 e. The number of hydrogen-bond acceptors (Lipinski definition) is 4. The number of aromatic nitrogens is 4. The van der Waals surface area contributed by atoms with E-state index < -0.39 is 0 Å². The average molecular weight is 222 g/mol. The van der Waals surface area contributed by atoms with Gasteiger partial charge in [-0.1, -0.05) is 6.92 Å². The Kier molecular flexibility index (Phi) is 2.89. The highest BCUT2D eigenvalue weighted by molar-refractivity contribution is 5.95. The Morgan fingerprint density at radius 2 is 2.38 bits per heavy atom. The van der Waals surface area contributed by atoms with Crippen molar-refractivity contribution >= 4 is 11.6 Å². The summed E-state index contributed by atoms with van der Waals surface area (Å²) in [5.74, 6) is 0.365.